The number of unbranched alkanes of at least 4 members (excludes halogenated alkanes) is 1. The third kappa shape index (κ3) is 4.55. The summed E-state index contributed by atoms with van der Waals surface area (Å²) in [7, 11) is 2.03. The van der Waals surface area contributed by atoms with E-state index < -0.39 is 0 Å². The summed E-state index contributed by atoms with van der Waals surface area (Å²) in [6, 6.07) is 7.18. The number of likely N-dealkylation sites (N-methyl/N-ethyl adjacent to an activating group) is 1. The van der Waals surface area contributed by atoms with Gasteiger partial charge in [-0.2, -0.15) is 0 Å². The fraction of sp³-hybridized carbons (Fsp3) is 0.684. The van der Waals surface area contributed by atoms with E-state index in [9.17, 15) is 0 Å². The Hall–Kier alpha value is -0.860. The maximum Gasteiger partial charge on any atom is 0.0431 e. The molecule has 118 valence electrons. The van der Waals surface area contributed by atoms with Crippen molar-refractivity contribution in [3.05, 3.63) is 34.9 Å². The van der Waals surface area contributed by atoms with Crippen molar-refractivity contribution in [2.75, 3.05) is 20.2 Å². The first-order chi connectivity index (χ1) is 10.3. The topological polar surface area (TPSA) is 32.3 Å². The highest BCUT2D eigenvalue weighted by Gasteiger charge is 2.19. The molecule has 21 heavy (non-hydrogen) atoms. The number of hydrogen-bond donors (Lipinski definition) is 2. The molecule has 0 spiro atoms. The van der Waals surface area contributed by atoms with Gasteiger partial charge in [-0.3, -0.25) is 0 Å². The van der Waals surface area contributed by atoms with Crippen LogP contribution in [0, 0.1) is 5.92 Å². The molecule has 0 amide bonds. The number of rotatable bonds is 8. The van der Waals surface area contributed by atoms with Crippen LogP contribution in [0.15, 0.2) is 18.2 Å². The number of hydrogen-bond acceptors (Lipinski definition) is 2. The van der Waals surface area contributed by atoms with Crippen LogP contribution >= 0.6 is 0 Å². The maximum absolute atomic E-state index is 8.97. The highest BCUT2D eigenvalue weighted by molar-refractivity contribution is 5.36. The summed E-state index contributed by atoms with van der Waals surface area (Å²) in [5.41, 5.74) is 4.65. The molecule has 1 aliphatic rings. The first-order valence-electron chi connectivity index (χ1n) is 8.65. The molecule has 0 aromatic heterocycles. The lowest BCUT2D eigenvalue weighted by atomic mass is 9.80. The van der Waals surface area contributed by atoms with Gasteiger partial charge in [-0.15, -0.1) is 0 Å². The quantitative estimate of drug-likeness (QED) is 0.716. The van der Waals surface area contributed by atoms with Crippen molar-refractivity contribution in [2.45, 2.75) is 57.8 Å². The van der Waals surface area contributed by atoms with E-state index in [0.29, 0.717) is 12.5 Å². The normalized spacial score (nSPS) is 19.3. The molecule has 0 heterocycles. The first-order valence-corrected chi connectivity index (χ1v) is 8.65. The Balaban J connectivity index is 2.07. The minimum Gasteiger partial charge on any atom is -0.396 e. The Bertz CT molecular complexity index is 430. The van der Waals surface area contributed by atoms with Gasteiger partial charge in [0.1, 0.15) is 0 Å². The van der Waals surface area contributed by atoms with Gasteiger partial charge in [0, 0.05) is 13.2 Å². The van der Waals surface area contributed by atoms with Gasteiger partial charge in [-0.25, -0.2) is 0 Å². The molecule has 0 bridgehead atoms. The molecule has 2 nitrogen and oxygen atoms in total. The van der Waals surface area contributed by atoms with Gasteiger partial charge < -0.3 is 10.4 Å². The Morgan fingerprint density at radius 3 is 2.86 bits per heavy atom. The third-order valence-corrected chi connectivity index (χ3v) is 5.02. The molecule has 0 saturated carbocycles. The van der Waals surface area contributed by atoms with Gasteiger partial charge in [0.15, 0.2) is 0 Å². The minimum atomic E-state index is 0.314. The molecule has 2 N–H and O–H groups in total. The average Bonchev–Trinajstić information content (AvgIpc) is 2.53. The summed E-state index contributed by atoms with van der Waals surface area (Å²) in [6.07, 6.45) is 8.38. The molecule has 0 saturated heterocycles. The van der Waals surface area contributed by atoms with E-state index in [1.165, 1.54) is 31.2 Å². The molecule has 2 rings (SSSR count). The number of aliphatic hydroxyl groups is 1. The number of aliphatic hydroxyl groups excluding tert-OH is 1. The molecule has 1 aromatic carbocycles. The van der Waals surface area contributed by atoms with Crippen LogP contribution in [0.25, 0.3) is 0 Å². The fourth-order valence-electron chi connectivity index (χ4n) is 3.59. The second kappa shape index (κ2) is 8.55. The summed E-state index contributed by atoms with van der Waals surface area (Å²) in [5, 5.41) is 12.3. The van der Waals surface area contributed by atoms with E-state index in [0.717, 1.165) is 31.7 Å². The summed E-state index contributed by atoms with van der Waals surface area (Å²) in [4.78, 5) is 0. The van der Waals surface area contributed by atoms with Gasteiger partial charge in [-0.05, 0) is 67.7 Å². The Morgan fingerprint density at radius 2 is 2.14 bits per heavy atom. The lowest BCUT2D eigenvalue weighted by Crippen LogP contribution is -2.19. The van der Waals surface area contributed by atoms with Crippen LogP contribution in [-0.4, -0.2) is 25.3 Å². The van der Waals surface area contributed by atoms with Crippen molar-refractivity contribution in [2.24, 2.45) is 5.92 Å². The van der Waals surface area contributed by atoms with Gasteiger partial charge in [0.05, 0.1) is 0 Å². The van der Waals surface area contributed by atoms with Gasteiger partial charge in [-0.1, -0.05) is 38.0 Å². The van der Waals surface area contributed by atoms with Crippen LogP contribution < -0.4 is 5.32 Å². The summed E-state index contributed by atoms with van der Waals surface area (Å²) >= 11 is 0. The van der Waals surface area contributed by atoms with Crippen LogP contribution in [0.3, 0.4) is 0 Å². The lowest BCUT2D eigenvalue weighted by Gasteiger charge is -2.25. The van der Waals surface area contributed by atoms with E-state index in [2.05, 4.69) is 30.4 Å². The highest BCUT2D eigenvalue weighted by atomic mass is 16.2. The average molecular weight is 289 g/mol. The molecule has 2 atom stereocenters. The van der Waals surface area contributed by atoms with Crippen molar-refractivity contribution in [1.82, 2.24) is 5.32 Å². The van der Waals surface area contributed by atoms with E-state index in [-0.39, 0.29) is 0 Å². The fourth-order valence-corrected chi connectivity index (χ4v) is 3.59. The van der Waals surface area contributed by atoms with Crippen LogP contribution in [0.1, 0.15) is 61.6 Å². The largest absolute Gasteiger partial charge is 0.396 e. The van der Waals surface area contributed by atoms with E-state index >= 15 is 0 Å². The molecule has 1 aromatic rings. The van der Waals surface area contributed by atoms with E-state index in [4.69, 9.17) is 5.11 Å². The summed E-state index contributed by atoms with van der Waals surface area (Å²) in [5.74, 6) is 1.47. The predicted octanol–water partition coefficient (Wildman–Crippen LogP) is 3.67. The van der Waals surface area contributed by atoms with E-state index in [1.807, 2.05) is 7.05 Å². The predicted molar refractivity (Wildman–Crippen MR) is 89.9 cm³/mol. The zero-order valence-electron chi connectivity index (χ0n) is 13.7. The minimum absolute atomic E-state index is 0.314. The zero-order chi connectivity index (χ0) is 15.1. The van der Waals surface area contributed by atoms with Crippen molar-refractivity contribution in [3.63, 3.8) is 0 Å². The van der Waals surface area contributed by atoms with Crippen LogP contribution in [-0.2, 0) is 12.8 Å². The van der Waals surface area contributed by atoms with E-state index in [1.54, 1.807) is 11.1 Å². The number of aryl methyl sites for hydroxylation is 1. The Kier molecular flexibility index (Phi) is 6.72. The van der Waals surface area contributed by atoms with Crippen molar-refractivity contribution in [3.8, 4) is 0 Å². The third-order valence-electron chi connectivity index (χ3n) is 5.02. The molecular formula is C19H31NO. The second-order valence-corrected chi connectivity index (χ2v) is 6.52. The molecule has 1 unspecified atom stereocenters. The molecule has 1 aliphatic carbocycles. The van der Waals surface area contributed by atoms with Crippen LogP contribution in [0.2, 0.25) is 0 Å². The van der Waals surface area contributed by atoms with Crippen molar-refractivity contribution >= 4 is 0 Å². The molecule has 2 heteroatoms. The second-order valence-electron chi connectivity index (χ2n) is 6.52. The zero-order valence-corrected chi connectivity index (χ0v) is 13.7. The molecule has 0 aliphatic heterocycles. The Morgan fingerprint density at radius 1 is 1.29 bits per heavy atom. The van der Waals surface area contributed by atoms with Crippen molar-refractivity contribution in [1.29, 1.82) is 0 Å². The van der Waals surface area contributed by atoms with Crippen LogP contribution in [0.5, 0.6) is 0 Å². The smallest absolute Gasteiger partial charge is 0.0431 e. The summed E-state index contributed by atoms with van der Waals surface area (Å²) < 4.78 is 0. The van der Waals surface area contributed by atoms with Gasteiger partial charge in [0.25, 0.3) is 0 Å². The number of benzene rings is 1. The number of nitrogens with one attached hydrogen (secondary N) is 1. The SMILES string of the molecule is CCC1CCc2cc([C@@H](CCCCO)CNC)ccc2C1. The van der Waals surface area contributed by atoms with Crippen LogP contribution in [0.4, 0.5) is 0 Å². The van der Waals surface area contributed by atoms with Crippen molar-refractivity contribution < 1.29 is 5.11 Å². The first kappa shape index (κ1) is 16.5. The molecular weight excluding hydrogens is 258 g/mol. The molecule has 0 radical (unpaired) electrons. The summed E-state index contributed by atoms with van der Waals surface area (Å²) in [6.45, 7) is 3.66. The number of fused-ring (bicyclic) bond motifs is 1. The molecule has 0 fully saturated rings. The lowest BCUT2D eigenvalue weighted by molar-refractivity contribution is 0.281. The Labute approximate surface area is 130 Å². The maximum atomic E-state index is 8.97. The van der Waals surface area contributed by atoms with Gasteiger partial charge >= 0.3 is 0 Å². The monoisotopic (exact) mass is 289 g/mol. The van der Waals surface area contributed by atoms with Gasteiger partial charge in [0.2, 0.25) is 0 Å². The highest BCUT2D eigenvalue weighted by Crippen LogP contribution is 2.31. The standard InChI is InChI=1S/C19H31NO/c1-3-15-7-8-17-13-18(10-9-16(17)12-15)19(14-20-2)6-4-5-11-21/h9-10,13,15,19-21H,3-8,11-12,14H2,1-2H3/t15?,19-/m0/s1.